The van der Waals surface area contributed by atoms with Crippen molar-refractivity contribution in [3.8, 4) is 0 Å². The van der Waals surface area contributed by atoms with E-state index in [-0.39, 0.29) is 6.10 Å². The predicted molar refractivity (Wildman–Crippen MR) is 86.4 cm³/mol. The lowest BCUT2D eigenvalue weighted by atomic mass is 10.0. The lowest BCUT2D eigenvalue weighted by molar-refractivity contribution is 0.128. The van der Waals surface area contributed by atoms with Crippen molar-refractivity contribution >= 4 is 0 Å². The zero-order valence-electron chi connectivity index (χ0n) is 13.8. The van der Waals surface area contributed by atoms with Crippen LogP contribution >= 0.6 is 0 Å². The summed E-state index contributed by atoms with van der Waals surface area (Å²) >= 11 is 0. The molecule has 0 aromatic heterocycles. The fraction of sp³-hybridized carbons (Fsp3) is 0.944. The summed E-state index contributed by atoms with van der Waals surface area (Å²) in [6.45, 7) is 8.57. The van der Waals surface area contributed by atoms with Gasteiger partial charge in [0.05, 0.1) is 6.10 Å². The van der Waals surface area contributed by atoms with Crippen LogP contribution in [0.5, 0.6) is 0 Å². The lowest BCUT2D eigenvalue weighted by Gasteiger charge is -2.08. The lowest BCUT2D eigenvalue weighted by Crippen LogP contribution is -2.04. The van der Waals surface area contributed by atoms with E-state index in [9.17, 15) is 0 Å². The van der Waals surface area contributed by atoms with Gasteiger partial charge in [0, 0.05) is 7.11 Å². The Morgan fingerprint density at radius 2 is 1.05 bits per heavy atom. The van der Waals surface area contributed by atoms with Crippen molar-refractivity contribution in [2.75, 3.05) is 7.11 Å². The summed E-state index contributed by atoms with van der Waals surface area (Å²) in [6.07, 6.45) is 16.8. The van der Waals surface area contributed by atoms with Crippen LogP contribution in [0, 0.1) is 12.8 Å². The fourth-order valence-corrected chi connectivity index (χ4v) is 2.46. The monoisotopic (exact) mass is 269 g/mol. The largest absolute Gasteiger partial charge is 0.381 e. The van der Waals surface area contributed by atoms with E-state index < -0.39 is 0 Å². The van der Waals surface area contributed by atoms with Crippen molar-refractivity contribution in [2.24, 2.45) is 5.92 Å². The molecule has 1 radical (unpaired) electrons. The van der Waals surface area contributed by atoms with E-state index in [0.29, 0.717) is 0 Å². The molecule has 1 nitrogen and oxygen atoms in total. The topological polar surface area (TPSA) is 9.23 Å². The summed E-state index contributed by atoms with van der Waals surface area (Å²) < 4.78 is 5.15. The van der Waals surface area contributed by atoms with Crippen LogP contribution in [0.15, 0.2) is 0 Å². The number of rotatable bonds is 14. The maximum atomic E-state index is 5.15. The molecule has 0 aromatic rings. The van der Waals surface area contributed by atoms with Gasteiger partial charge in [-0.2, -0.15) is 0 Å². The van der Waals surface area contributed by atoms with Crippen molar-refractivity contribution < 1.29 is 4.74 Å². The van der Waals surface area contributed by atoms with Gasteiger partial charge in [-0.3, -0.25) is 0 Å². The third-order valence-electron chi connectivity index (χ3n) is 3.89. The quantitative estimate of drug-likeness (QED) is 0.342. The van der Waals surface area contributed by atoms with Gasteiger partial charge in [-0.25, -0.2) is 0 Å². The van der Waals surface area contributed by atoms with Gasteiger partial charge in [0.15, 0.2) is 0 Å². The highest BCUT2D eigenvalue weighted by Gasteiger charge is 1.99. The highest BCUT2D eigenvalue weighted by atomic mass is 16.5. The molecule has 1 heteroatoms. The Hall–Kier alpha value is -0.0400. The van der Waals surface area contributed by atoms with Crippen LogP contribution in [0.25, 0.3) is 0 Å². The Morgan fingerprint density at radius 1 is 0.684 bits per heavy atom. The highest BCUT2D eigenvalue weighted by molar-refractivity contribution is 4.59. The summed E-state index contributed by atoms with van der Waals surface area (Å²) in [4.78, 5) is 0. The fourth-order valence-electron chi connectivity index (χ4n) is 2.46. The smallest absolute Gasteiger partial charge is 0.0572 e. The number of methoxy groups -OCH3 is 1. The maximum absolute atomic E-state index is 5.15. The maximum Gasteiger partial charge on any atom is 0.0572 e. The predicted octanol–water partition coefficient (Wildman–Crippen LogP) is 6.17. The molecule has 1 atom stereocenters. The summed E-state index contributed by atoms with van der Waals surface area (Å²) in [7, 11) is 1.75. The molecular formula is C18H37O. The van der Waals surface area contributed by atoms with E-state index in [1.807, 2.05) is 0 Å². The summed E-state index contributed by atoms with van der Waals surface area (Å²) in [5.74, 6) is 0.885. The zero-order chi connectivity index (χ0) is 14.3. The highest BCUT2D eigenvalue weighted by Crippen LogP contribution is 2.14. The van der Waals surface area contributed by atoms with Gasteiger partial charge in [-0.15, -0.1) is 0 Å². The van der Waals surface area contributed by atoms with Crippen molar-refractivity contribution in [2.45, 2.75) is 97.0 Å². The molecule has 0 aliphatic heterocycles. The first-order chi connectivity index (χ1) is 9.16. The molecule has 0 rings (SSSR count). The molecule has 0 aliphatic carbocycles. The molecular weight excluding hydrogens is 232 g/mol. The van der Waals surface area contributed by atoms with Gasteiger partial charge in [0.2, 0.25) is 0 Å². The minimum absolute atomic E-state index is 0.200. The summed E-state index contributed by atoms with van der Waals surface area (Å²) in [5, 5.41) is 0. The molecule has 115 valence electrons. The summed E-state index contributed by atoms with van der Waals surface area (Å²) in [5.41, 5.74) is 0. The van der Waals surface area contributed by atoms with Crippen molar-refractivity contribution in [1.29, 1.82) is 0 Å². The van der Waals surface area contributed by atoms with Crippen LogP contribution in [0.1, 0.15) is 90.9 Å². The zero-order valence-corrected chi connectivity index (χ0v) is 13.8. The molecule has 0 spiro atoms. The third-order valence-corrected chi connectivity index (χ3v) is 3.89. The minimum atomic E-state index is 0.200. The average molecular weight is 269 g/mol. The van der Waals surface area contributed by atoms with Gasteiger partial charge in [-0.1, -0.05) is 84.5 Å². The minimum Gasteiger partial charge on any atom is -0.381 e. The molecule has 0 aromatic carbocycles. The Kier molecular flexibility index (Phi) is 14.3. The van der Waals surface area contributed by atoms with E-state index in [4.69, 9.17) is 4.74 Å². The number of hydrogen-bond donors (Lipinski definition) is 0. The second kappa shape index (κ2) is 14.4. The molecule has 0 aliphatic rings. The van der Waals surface area contributed by atoms with E-state index in [0.717, 1.165) is 12.3 Å². The van der Waals surface area contributed by atoms with Crippen molar-refractivity contribution in [1.82, 2.24) is 0 Å². The second-order valence-electron chi connectivity index (χ2n) is 6.36. The molecule has 0 fully saturated rings. The van der Waals surface area contributed by atoms with Gasteiger partial charge < -0.3 is 4.74 Å². The molecule has 19 heavy (non-hydrogen) atoms. The van der Waals surface area contributed by atoms with Crippen molar-refractivity contribution in [3.05, 3.63) is 6.92 Å². The number of ether oxygens (including phenoxy) is 1. The first-order valence-electron chi connectivity index (χ1n) is 8.52. The second-order valence-corrected chi connectivity index (χ2v) is 6.36. The van der Waals surface area contributed by atoms with Crippen LogP contribution in [0.4, 0.5) is 0 Å². The molecule has 0 N–H and O–H groups in total. The molecule has 0 saturated heterocycles. The van der Waals surface area contributed by atoms with Gasteiger partial charge in [0.1, 0.15) is 0 Å². The number of hydrogen-bond acceptors (Lipinski definition) is 1. The molecule has 0 amide bonds. The first kappa shape index (κ1) is 19.0. The molecule has 0 heterocycles. The Labute approximate surface area is 122 Å². The molecule has 0 saturated carbocycles. The Bertz CT molecular complexity index is 165. The molecule has 1 unspecified atom stereocenters. The van der Waals surface area contributed by atoms with Crippen LogP contribution < -0.4 is 0 Å². The van der Waals surface area contributed by atoms with Gasteiger partial charge >= 0.3 is 0 Å². The van der Waals surface area contributed by atoms with Crippen molar-refractivity contribution in [3.63, 3.8) is 0 Å². The standard InChI is InChI=1S/C18H37O/c1-17(2)15-13-11-9-7-5-6-8-10-12-14-16-18(3)19-4/h17-18H,3,5-16H2,1-2,4H3. The van der Waals surface area contributed by atoms with Crippen LogP contribution in [0.3, 0.4) is 0 Å². The molecule has 0 bridgehead atoms. The normalized spacial score (nSPS) is 13.1. The van der Waals surface area contributed by atoms with Gasteiger partial charge in [0.25, 0.3) is 0 Å². The van der Waals surface area contributed by atoms with E-state index in [1.165, 1.54) is 70.6 Å². The van der Waals surface area contributed by atoms with Crippen LogP contribution in [-0.4, -0.2) is 13.2 Å². The Balaban J connectivity index is 2.99. The van der Waals surface area contributed by atoms with E-state index >= 15 is 0 Å². The Morgan fingerprint density at radius 3 is 1.42 bits per heavy atom. The number of unbranched alkanes of at least 4 members (excludes halogenated alkanes) is 9. The third kappa shape index (κ3) is 15.9. The summed E-state index contributed by atoms with van der Waals surface area (Å²) in [6, 6.07) is 0. The SMILES string of the molecule is [CH2]C(CCCCCCCCCCCCC(C)C)OC. The average Bonchev–Trinajstić information content (AvgIpc) is 2.39. The van der Waals surface area contributed by atoms with Crippen LogP contribution in [0.2, 0.25) is 0 Å². The van der Waals surface area contributed by atoms with Gasteiger partial charge in [-0.05, 0) is 19.3 Å². The van der Waals surface area contributed by atoms with E-state index in [2.05, 4.69) is 20.8 Å². The van der Waals surface area contributed by atoms with Crippen LogP contribution in [-0.2, 0) is 4.74 Å². The first-order valence-corrected chi connectivity index (χ1v) is 8.52. The van der Waals surface area contributed by atoms with E-state index in [1.54, 1.807) is 7.11 Å².